The van der Waals surface area contributed by atoms with Crippen LogP contribution in [-0.4, -0.2) is 80.6 Å². The van der Waals surface area contributed by atoms with Crippen LogP contribution >= 0.6 is 0 Å². The summed E-state index contributed by atoms with van der Waals surface area (Å²) < 4.78 is 17.2. The molecule has 0 aliphatic rings. The van der Waals surface area contributed by atoms with Gasteiger partial charge in [0.05, 0.1) is 34.4 Å². The molecule has 0 aromatic carbocycles. The fraction of sp³-hybridized carbons (Fsp3) is 0.791. The van der Waals surface area contributed by atoms with Gasteiger partial charge in [0.2, 0.25) is 0 Å². The normalized spacial score (nSPS) is 13.4. The van der Waals surface area contributed by atoms with Crippen LogP contribution in [0.4, 0.5) is 0 Å². The molecule has 0 amide bonds. The van der Waals surface area contributed by atoms with Gasteiger partial charge in [-0.1, -0.05) is 121 Å². The zero-order valence-corrected chi connectivity index (χ0v) is 33.6. The van der Waals surface area contributed by atoms with Crippen LogP contribution in [0.25, 0.3) is 0 Å². The minimum Gasteiger partial charge on any atom is -0.477 e. The lowest BCUT2D eigenvalue weighted by molar-refractivity contribution is -0.887. The molecule has 2 atom stereocenters. The van der Waals surface area contributed by atoms with Crippen molar-refractivity contribution in [3.63, 3.8) is 0 Å². The third kappa shape index (κ3) is 33.2. The summed E-state index contributed by atoms with van der Waals surface area (Å²) >= 11 is 0. The smallest absolute Gasteiger partial charge is 0.362 e. The van der Waals surface area contributed by atoms with Gasteiger partial charge < -0.3 is 23.8 Å². The van der Waals surface area contributed by atoms with E-state index >= 15 is 0 Å². The first kappa shape index (κ1) is 48.5. The highest BCUT2D eigenvalue weighted by molar-refractivity contribution is 5.72. The van der Waals surface area contributed by atoms with E-state index in [1.807, 2.05) is 21.1 Å². The van der Waals surface area contributed by atoms with Crippen LogP contribution in [0.5, 0.6) is 0 Å². The molecule has 0 rings (SSSR count). The number of esters is 2. The molecule has 0 spiro atoms. The Morgan fingerprint density at radius 1 is 0.588 bits per heavy atom. The molecule has 8 nitrogen and oxygen atoms in total. The zero-order chi connectivity index (χ0) is 37.8. The number of quaternary nitrogens is 1. The van der Waals surface area contributed by atoms with E-state index in [4.69, 9.17) is 14.2 Å². The number of carbonyl (C=O) groups is 3. The molecule has 296 valence electrons. The Balaban J connectivity index is 4.38. The van der Waals surface area contributed by atoms with Crippen LogP contribution in [-0.2, 0) is 28.6 Å². The monoisotopic (exact) mass is 721 g/mol. The fourth-order valence-corrected chi connectivity index (χ4v) is 5.77. The topological polar surface area (TPSA) is 99.1 Å². The number of nitrogens with zero attached hydrogens (tertiary/aromatic N) is 1. The van der Waals surface area contributed by atoms with Crippen molar-refractivity contribution in [1.29, 1.82) is 0 Å². The van der Waals surface area contributed by atoms with Crippen molar-refractivity contribution in [2.75, 3.05) is 41.0 Å². The summed E-state index contributed by atoms with van der Waals surface area (Å²) in [5.41, 5.74) is 0. The van der Waals surface area contributed by atoms with Crippen LogP contribution in [0, 0.1) is 0 Å². The Morgan fingerprint density at radius 3 is 1.61 bits per heavy atom. The van der Waals surface area contributed by atoms with Crippen LogP contribution < -0.4 is 0 Å². The molecule has 0 radical (unpaired) electrons. The molecule has 2 unspecified atom stereocenters. The zero-order valence-electron chi connectivity index (χ0n) is 33.6. The minimum atomic E-state index is -0.879. The first-order valence-corrected chi connectivity index (χ1v) is 20.5. The number of likely N-dealkylation sites (N-methyl/N-ethyl adjacent to an activating group) is 1. The number of carbonyl (C=O) groups excluding carboxylic acids is 2. The van der Waals surface area contributed by atoms with Crippen molar-refractivity contribution in [3.8, 4) is 0 Å². The summed E-state index contributed by atoms with van der Waals surface area (Å²) in [6.07, 6.45) is 37.5. The first-order chi connectivity index (χ1) is 24.6. The van der Waals surface area contributed by atoms with E-state index in [1.165, 1.54) is 64.2 Å². The molecule has 0 heterocycles. The number of carboxylic acid groups (broad SMARTS) is 1. The summed E-state index contributed by atoms with van der Waals surface area (Å²) in [4.78, 5) is 36.8. The van der Waals surface area contributed by atoms with Crippen molar-refractivity contribution in [2.24, 2.45) is 0 Å². The van der Waals surface area contributed by atoms with Crippen LogP contribution in [0.1, 0.15) is 168 Å². The Bertz CT molecular complexity index is 937. The minimum absolute atomic E-state index is 0.0557. The van der Waals surface area contributed by atoms with Gasteiger partial charge in [-0.2, -0.15) is 0 Å². The molecular weight excluding hydrogens is 642 g/mol. The fourth-order valence-electron chi connectivity index (χ4n) is 5.77. The SMILES string of the molecule is CCC/C=C\CCCCCCCC(=O)OCC(COCCC(C(=O)O)[N+](C)(C)C)OC(=O)CCCCCCCCC/C=C\C/C=C\CCCCC. The molecule has 0 bridgehead atoms. The average molecular weight is 721 g/mol. The molecule has 0 aromatic rings. The molecule has 0 aromatic heterocycles. The third-order valence-electron chi connectivity index (χ3n) is 8.99. The number of unbranched alkanes of at least 4 members (excludes halogenated alkanes) is 16. The summed E-state index contributed by atoms with van der Waals surface area (Å²) in [5, 5.41) is 9.59. The van der Waals surface area contributed by atoms with Gasteiger partial charge >= 0.3 is 17.9 Å². The number of ether oxygens (including phenoxy) is 3. The van der Waals surface area contributed by atoms with Gasteiger partial charge in [0.25, 0.3) is 0 Å². The Labute approximate surface area is 313 Å². The van der Waals surface area contributed by atoms with Crippen molar-refractivity contribution >= 4 is 17.9 Å². The predicted octanol–water partition coefficient (Wildman–Crippen LogP) is 10.7. The highest BCUT2D eigenvalue weighted by atomic mass is 16.6. The Morgan fingerprint density at radius 2 is 1.08 bits per heavy atom. The average Bonchev–Trinajstić information content (AvgIpc) is 3.08. The highest BCUT2D eigenvalue weighted by Crippen LogP contribution is 2.13. The lowest BCUT2D eigenvalue weighted by Gasteiger charge is -2.31. The van der Waals surface area contributed by atoms with Crippen LogP contribution in [0.3, 0.4) is 0 Å². The summed E-state index contributed by atoms with van der Waals surface area (Å²) in [7, 11) is 5.51. The molecule has 51 heavy (non-hydrogen) atoms. The second-order valence-corrected chi connectivity index (χ2v) is 14.9. The van der Waals surface area contributed by atoms with E-state index in [0.717, 1.165) is 70.6 Å². The van der Waals surface area contributed by atoms with Gasteiger partial charge in [-0.05, 0) is 64.2 Å². The van der Waals surface area contributed by atoms with E-state index in [0.29, 0.717) is 19.3 Å². The number of aliphatic carboxylic acids is 1. The van der Waals surface area contributed by atoms with Crippen molar-refractivity contribution in [1.82, 2.24) is 0 Å². The van der Waals surface area contributed by atoms with Crippen molar-refractivity contribution in [2.45, 2.75) is 180 Å². The Hall–Kier alpha value is -2.45. The van der Waals surface area contributed by atoms with Crippen LogP contribution in [0.15, 0.2) is 36.5 Å². The van der Waals surface area contributed by atoms with Gasteiger partial charge in [0.1, 0.15) is 6.61 Å². The number of hydrogen-bond acceptors (Lipinski definition) is 6. The molecule has 0 saturated heterocycles. The van der Waals surface area contributed by atoms with Crippen molar-refractivity contribution < 1.29 is 38.2 Å². The quantitative estimate of drug-likeness (QED) is 0.0298. The maximum atomic E-state index is 12.7. The van der Waals surface area contributed by atoms with E-state index in [1.54, 1.807) is 0 Å². The standard InChI is InChI=1S/C43H77NO7/c1-6-8-10-12-14-16-18-19-20-21-22-23-24-26-28-30-32-34-42(46)51-39(37-49-36-35-40(43(47)48)44(3,4)5)38-50-41(45)33-31-29-27-25-17-15-13-11-9-7-2/h11,13-14,16,19-20,39-40H,6-10,12,15,17-18,21-38H2,1-5H3/p+1/b13-11-,16-14-,20-19-. The number of rotatable bonds is 36. The van der Waals surface area contributed by atoms with Gasteiger partial charge in [-0.3, -0.25) is 9.59 Å². The second-order valence-electron chi connectivity index (χ2n) is 14.9. The van der Waals surface area contributed by atoms with Gasteiger partial charge in [-0.25, -0.2) is 4.79 Å². The van der Waals surface area contributed by atoms with Gasteiger partial charge in [-0.15, -0.1) is 0 Å². The number of hydrogen-bond donors (Lipinski definition) is 1. The first-order valence-electron chi connectivity index (χ1n) is 20.5. The molecule has 0 saturated carbocycles. The molecule has 8 heteroatoms. The lowest BCUT2D eigenvalue weighted by Crippen LogP contribution is -2.50. The number of carboxylic acids is 1. The maximum Gasteiger partial charge on any atom is 0.362 e. The van der Waals surface area contributed by atoms with E-state index < -0.39 is 18.1 Å². The van der Waals surface area contributed by atoms with Crippen molar-refractivity contribution in [3.05, 3.63) is 36.5 Å². The molecule has 0 fully saturated rings. The number of allylic oxidation sites excluding steroid dienone is 6. The molecule has 0 aliphatic carbocycles. The summed E-state index contributed by atoms with van der Waals surface area (Å²) in [6.45, 7) is 4.62. The van der Waals surface area contributed by atoms with E-state index in [9.17, 15) is 19.5 Å². The van der Waals surface area contributed by atoms with E-state index in [-0.39, 0.29) is 36.2 Å². The van der Waals surface area contributed by atoms with Gasteiger partial charge in [0.15, 0.2) is 12.1 Å². The van der Waals surface area contributed by atoms with E-state index in [2.05, 4.69) is 50.3 Å². The van der Waals surface area contributed by atoms with Crippen LogP contribution in [0.2, 0.25) is 0 Å². The largest absolute Gasteiger partial charge is 0.477 e. The molecular formula is C43H78NO7+. The summed E-state index contributed by atoms with van der Waals surface area (Å²) in [5.74, 6) is -1.49. The maximum absolute atomic E-state index is 12.7. The Kier molecular flexibility index (Phi) is 33.0. The lowest BCUT2D eigenvalue weighted by atomic mass is 10.1. The summed E-state index contributed by atoms with van der Waals surface area (Å²) in [6, 6.07) is -0.615. The third-order valence-corrected chi connectivity index (χ3v) is 8.99. The second kappa shape index (κ2) is 34.6. The highest BCUT2D eigenvalue weighted by Gasteiger charge is 2.31. The molecule has 0 aliphatic heterocycles. The van der Waals surface area contributed by atoms with Gasteiger partial charge in [0, 0.05) is 19.3 Å². The molecule has 1 N–H and O–H groups in total. The predicted molar refractivity (Wildman–Crippen MR) is 211 cm³/mol.